The minimum absolute atomic E-state index is 0. The third kappa shape index (κ3) is 385. The van der Waals surface area contributed by atoms with E-state index in [9.17, 15) is 0 Å². The van der Waals surface area contributed by atoms with Gasteiger partial charge in [-0.15, -0.1) is 0 Å². The Morgan fingerprint density at radius 2 is 1.11 bits per heavy atom. The molecule has 0 bridgehead atoms. The minimum Gasteiger partial charge on any atom is -0.870 e. The molecule has 0 atom stereocenters. The van der Waals surface area contributed by atoms with E-state index in [-0.39, 0.29) is 51.4 Å². The van der Waals surface area contributed by atoms with Crippen molar-refractivity contribution < 1.29 is 28.5 Å². The van der Waals surface area contributed by atoms with Crippen molar-refractivity contribution in [1.29, 1.82) is 0 Å². The largest absolute Gasteiger partial charge is 2.00 e. The molecule has 3 N–H and O–H groups in total. The van der Waals surface area contributed by atoms with Crippen LogP contribution in [0.3, 0.4) is 0 Å². The third-order valence-electron chi connectivity index (χ3n) is 0. The van der Waals surface area contributed by atoms with Gasteiger partial charge in [-0.25, -0.2) is 0 Å². The summed E-state index contributed by atoms with van der Waals surface area (Å²) in [5, 5.41) is 0. The summed E-state index contributed by atoms with van der Waals surface area (Å²) in [6.45, 7) is 0. The van der Waals surface area contributed by atoms with Crippen LogP contribution in [0.1, 0.15) is 0 Å². The van der Waals surface area contributed by atoms with Gasteiger partial charge in [0.1, 0.15) is 0 Å². The minimum atomic E-state index is -5.17. The van der Waals surface area contributed by atoms with E-state index in [1.165, 1.54) is 0 Å². The van der Waals surface area contributed by atoms with E-state index in [2.05, 4.69) is 0 Å². The second-order valence-electron chi connectivity index (χ2n) is 0.408. The number of rotatable bonds is 0. The predicted molar refractivity (Wildman–Crippen MR) is 27.5 cm³/mol. The molecule has 0 heterocycles. The Morgan fingerprint density at radius 3 is 1.11 bits per heavy atom. The van der Waals surface area contributed by atoms with Crippen LogP contribution in [0.5, 0.6) is 0 Å². The summed E-state index contributed by atoms with van der Waals surface area (Å²) >= 11 is 0. The molecule has 9 heavy (non-hydrogen) atoms. The van der Waals surface area contributed by atoms with Crippen LogP contribution >= 0.6 is 0 Å². The zero-order valence-corrected chi connectivity index (χ0v) is 7.66. The molecule has 0 aliphatic carbocycles. The quantitative estimate of drug-likeness (QED) is 0.221. The van der Waals surface area contributed by atoms with Crippen molar-refractivity contribution in [2.45, 2.75) is 0 Å². The maximum atomic E-state index is 8.52. The second kappa shape index (κ2) is 11.8. The number of hydrogen-bond acceptors (Lipinski definition) is 5. The van der Waals surface area contributed by atoms with Crippen molar-refractivity contribution >= 4 is 50.8 Å². The van der Waals surface area contributed by atoms with Gasteiger partial charge in [0.15, 0.2) is 0 Å². The summed E-state index contributed by atoms with van der Waals surface area (Å²) < 4.78 is 34.1. The fraction of sp³-hybridized carbons (Fsp3) is 0. The van der Waals surface area contributed by atoms with E-state index < -0.39 is 10.4 Å². The summed E-state index contributed by atoms with van der Waals surface area (Å²) in [6.07, 6.45) is 0. The van der Waals surface area contributed by atoms with Crippen LogP contribution in [0.4, 0.5) is 0 Å². The molecule has 0 saturated carbocycles. The van der Waals surface area contributed by atoms with E-state index in [1.807, 2.05) is 0 Å². The molecule has 0 aromatic heterocycles. The van der Waals surface area contributed by atoms with Gasteiger partial charge >= 0.3 is 23.1 Å². The standard InChI is InChI=1S/Al.Mg.H2O4S.2H2O/c;;1-5(2,3)4;;/h;;(H2,1,2,3,4);2*1H2/q;+2;;;/p-3. The van der Waals surface area contributed by atoms with Crippen molar-refractivity contribution in [2.75, 3.05) is 0 Å². The molecule has 0 aliphatic heterocycles. The zero-order chi connectivity index (χ0) is 4.50. The fourth-order valence-corrected chi connectivity index (χ4v) is 0. The smallest absolute Gasteiger partial charge is 0.870 e. The topological polar surface area (TPSA) is 142 Å². The monoisotopic (exact) mass is 182 g/mol. The van der Waals surface area contributed by atoms with Crippen molar-refractivity contribution in [1.82, 2.24) is 0 Å². The first-order valence-electron chi connectivity index (χ1n) is 0.667. The SMILES string of the molecule is O.O=S(=O)([O-])[O-].[Al].[Mg+2].[OH-]. The molecule has 0 unspecified atom stereocenters. The molecular formula is H3AlMgO6S-. The van der Waals surface area contributed by atoms with Gasteiger partial charge in [0, 0.05) is 27.8 Å². The maximum absolute atomic E-state index is 8.52. The van der Waals surface area contributed by atoms with Crippen LogP contribution < -0.4 is 0 Å². The van der Waals surface area contributed by atoms with Gasteiger partial charge in [-0.1, -0.05) is 0 Å². The first-order valence-corrected chi connectivity index (χ1v) is 2.00. The van der Waals surface area contributed by atoms with E-state index in [4.69, 9.17) is 17.5 Å². The molecular weight excluding hydrogens is 179 g/mol. The Morgan fingerprint density at radius 1 is 1.11 bits per heavy atom. The average Bonchev–Trinajstić information content (AvgIpc) is 0.722. The Hall–Kier alpha value is 1.09. The molecule has 0 rings (SSSR count). The molecule has 51 valence electrons. The second-order valence-corrected chi connectivity index (χ2v) is 1.22. The Kier molecular flexibility index (Phi) is 42.3. The van der Waals surface area contributed by atoms with Crippen LogP contribution in [-0.2, 0) is 10.4 Å². The molecule has 9 heteroatoms. The maximum Gasteiger partial charge on any atom is 2.00 e. The molecule has 6 nitrogen and oxygen atoms in total. The molecule has 3 radical (unpaired) electrons. The van der Waals surface area contributed by atoms with Crippen LogP contribution in [0.15, 0.2) is 0 Å². The first-order chi connectivity index (χ1) is 2.00. The van der Waals surface area contributed by atoms with Crippen molar-refractivity contribution in [3.63, 3.8) is 0 Å². The van der Waals surface area contributed by atoms with Crippen LogP contribution in [0, 0.1) is 0 Å². The van der Waals surface area contributed by atoms with Gasteiger partial charge in [0.05, 0.1) is 0 Å². The molecule has 0 spiro atoms. The van der Waals surface area contributed by atoms with Gasteiger partial charge in [-0.2, -0.15) is 0 Å². The Labute approximate surface area is 79.1 Å². The summed E-state index contributed by atoms with van der Waals surface area (Å²) in [5.74, 6) is 0. The van der Waals surface area contributed by atoms with Crippen LogP contribution in [0.25, 0.3) is 0 Å². The molecule has 0 saturated heterocycles. The first kappa shape index (κ1) is 32.2. The van der Waals surface area contributed by atoms with Crippen LogP contribution in [-0.4, -0.2) is 68.9 Å². The number of hydrogen-bond donors (Lipinski definition) is 0. The summed E-state index contributed by atoms with van der Waals surface area (Å²) in [4.78, 5) is 0. The van der Waals surface area contributed by atoms with Crippen molar-refractivity contribution in [2.24, 2.45) is 0 Å². The zero-order valence-electron chi connectivity index (χ0n) is 4.27. The summed E-state index contributed by atoms with van der Waals surface area (Å²) in [5.41, 5.74) is 0. The van der Waals surface area contributed by atoms with Gasteiger partial charge in [-0.05, 0) is 0 Å². The van der Waals surface area contributed by atoms with E-state index in [0.717, 1.165) is 0 Å². The predicted octanol–water partition coefficient (Wildman–Crippen LogP) is -3.10. The van der Waals surface area contributed by atoms with E-state index >= 15 is 0 Å². The van der Waals surface area contributed by atoms with Gasteiger partial charge in [-0.3, -0.25) is 8.42 Å². The molecule has 0 aromatic carbocycles. The molecule has 0 aliphatic rings. The van der Waals surface area contributed by atoms with Gasteiger partial charge in [0.2, 0.25) is 0 Å². The van der Waals surface area contributed by atoms with Crippen LogP contribution in [0.2, 0.25) is 0 Å². The summed E-state index contributed by atoms with van der Waals surface area (Å²) in [6, 6.07) is 0. The molecule has 0 aromatic rings. The third-order valence-corrected chi connectivity index (χ3v) is 0. The summed E-state index contributed by atoms with van der Waals surface area (Å²) in [7, 11) is -5.17. The molecule has 0 fully saturated rings. The van der Waals surface area contributed by atoms with Crippen molar-refractivity contribution in [3.8, 4) is 0 Å². The van der Waals surface area contributed by atoms with Crippen molar-refractivity contribution in [3.05, 3.63) is 0 Å². The molecule has 0 amide bonds. The average molecular weight is 182 g/mol. The van der Waals surface area contributed by atoms with E-state index in [0.29, 0.717) is 0 Å². The normalized spacial score (nSPS) is 6.44. The van der Waals surface area contributed by atoms with Gasteiger partial charge in [0.25, 0.3) is 0 Å². The fourth-order valence-electron chi connectivity index (χ4n) is 0. The van der Waals surface area contributed by atoms with E-state index in [1.54, 1.807) is 0 Å². The Balaban J connectivity index is -0.0000000133. The van der Waals surface area contributed by atoms with Gasteiger partial charge < -0.3 is 20.1 Å². The Bertz CT molecular complexity index is 96.2.